The molecular formula is C13H9Br2F2NO. The zero-order chi connectivity index (χ0) is 14.0. The van der Waals surface area contributed by atoms with Crippen molar-refractivity contribution >= 4 is 31.9 Å². The molecule has 0 saturated carbocycles. The van der Waals surface area contributed by atoms with Crippen molar-refractivity contribution in [3.05, 3.63) is 56.5 Å². The summed E-state index contributed by atoms with van der Waals surface area (Å²) in [5.74, 6) is -0.828. The summed E-state index contributed by atoms with van der Waals surface area (Å²) in [6, 6.07) is 7.12. The molecule has 0 spiro atoms. The molecule has 0 aliphatic carbocycles. The second-order valence-corrected chi connectivity index (χ2v) is 5.47. The fourth-order valence-electron chi connectivity index (χ4n) is 1.52. The fourth-order valence-corrected chi connectivity index (χ4v) is 2.46. The summed E-state index contributed by atoms with van der Waals surface area (Å²) in [6.07, 6.45) is 0. The highest BCUT2D eigenvalue weighted by Crippen LogP contribution is 2.32. The van der Waals surface area contributed by atoms with Gasteiger partial charge in [0.1, 0.15) is 11.6 Å². The lowest BCUT2D eigenvalue weighted by Gasteiger charge is -2.10. The molecule has 2 aromatic carbocycles. The average Bonchev–Trinajstić information content (AvgIpc) is 2.34. The van der Waals surface area contributed by atoms with Crippen LogP contribution in [0.4, 0.5) is 8.78 Å². The largest absolute Gasteiger partial charge is 0.454 e. The van der Waals surface area contributed by atoms with Crippen LogP contribution < -0.4 is 10.5 Å². The fraction of sp³-hybridized carbons (Fsp3) is 0.0769. The lowest BCUT2D eigenvalue weighted by Crippen LogP contribution is -2.00. The van der Waals surface area contributed by atoms with E-state index < -0.39 is 11.6 Å². The smallest absolute Gasteiger partial charge is 0.180 e. The average molecular weight is 393 g/mol. The molecule has 2 N–H and O–H groups in total. The second-order valence-electron chi connectivity index (χ2n) is 3.76. The molecule has 0 atom stereocenters. The maximum atomic E-state index is 14.0. The van der Waals surface area contributed by atoms with Crippen LogP contribution in [0.15, 0.2) is 39.3 Å². The van der Waals surface area contributed by atoms with Crippen molar-refractivity contribution in [1.29, 1.82) is 0 Å². The van der Waals surface area contributed by atoms with Gasteiger partial charge in [-0.2, -0.15) is 0 Å². The third-order valence-electron chi connectivity index (χ3n) is 2.41. The Morgan fingerprint density at radius 2 is 1.84 bits per heavy atom. The van der Waals surface area contributed by atoms with Gasteiger partial charge in [-0.3, -0.25) is 0 Å². The summed E-state index contributed by atoms with van der Waals surface area (Å²) in [5, 5.41) is 0. The SMILES string of the molecule is NCc1ccc(Oc2cc(F)cc(Br)c2)c(F)c1Br. The van der Waals surface area contributed by atoms with Crippen LogP contribution >= 0.6 is 31.9 Å². The first-order valence-corrected chi connectivity index (χ1v) is 6.90. The summed E-state index contributed by atoms with van der Waals surface area (Å²) in [5.41, 5.74) is 6.10. The van der Waals surface area contributed by atoms with E-state index in [0.29, 0.717) is 10.0 Å². The minimum atomic E-state index is -0.566. The van der Waals surface area contributed by atoms with Gasteiger partial charge in [0, 0.05) is 17.1 Å². The topological polar surface area (TPSA) is 35.2 Å². The Morgan fingerprint density at radius 3 is 2.47 bits per heavy atom. The summed E-state index contributed by atoms with van der Waals surface area (Å²) in [7, 11) is 0. The van der Waals surface area contributed by atoms with Crippen LogP contribution in [0, 0.1) is 11.6 Å². The Labute approximate surface area is 125 Å². The Kier molecular flexibility index (Phi) is 4.54. The summed E-state index contributed by atoms with van der Waals surface area (Å²) < 4.78 is 33.3. The maximum absolute atomic E-state index is 14.0. The molecular weight excluding hydrogens is 384 g/mol. The van der Waals surface area contributed by atoms with Gasteiger partial charge >= 0.3 is 0 Å². The predicted octanol–water partition coefficient (Wildman–Crippen LogP) is 4.74. The van der Waals surface area contributed by atoms with Crippen molar-refractivity contribution in [1.82, 2.24) is 0 Å². The number of rotatable bonds is 3. The van der Waals surface area contributed by atoms with E-state index in [9.17, 15) is 8.78 Å². The number of nitrogens with two attached hydrogens (primary N) is 1. The lowest BCUT2D eigenvalue weighted by molar-refractivity contribution is 0.436. The van der Waals surface area contributed by atoms with Crippen LogP contribution in [0.3, 0.4) is 0 Å². The van der Waals surface area contributed by atoms with E-state index in [2.05, 4.69) is 31.9 Å². The van der Waals surface area contributed by atoms with Crippen LogP contribution in [0.2, 0.25) is 0 Å². The number of halogens is 4. The highest BCUT2D eigenvalue weighted by atomic mass is 79.9. The molecule has 0 amide bonds. The number of hydrogen-bond acceptors (Lipinski definition) is 2. The van der Waals surface area contributed by atoms with Gasteiger partial charge < -0.3 is 10.5 Å². The Balaban J connectivity index is 2.36. The Hall–Kier alpha value is -0.980. The highest BCUT2D eigenvalue weighted by Gasteiger charge is 2.13. The first-order valence-electron chi connectivity index (χ1n) is 5.32. The standard InChI is InChI=1S/C13H9Br2F2NO/c14-8-3-9(16)5-10(4-8)19-11-2-1-7(6-18)12(15)13(11)17/h1-5H,6,18H2. The maximum Gasteiger partial charge on any atom is 0.180 e. The van der Waals surface area contributed by atoms with Crippen LogP contribution in [0.5, 0.6) is 11.5 Å². The summed E-state index contributed by atoms with van der Waals surface area (Å²) in [6.45, 7) is 0.212. The van der Waals surface area contributed by atoms with Gasteiger partial charge in [-0.1, -0.05) is 22.0 Å². The van der Waals surface area contributed by atoms with Gasteiger partial charge in [0.05, 0.1) is 4.47 Å². The van der Waals surface area contributed by atoms with Crippen LogP contribution in [-0.4, -0.2) is 0 Å². The van der Waals surface area contributed by atoms with Crippen molar-refractivity contribution in [2.75, 3.05) is 0 Å². The van der Waals surface area contributed by atoms with Gasteiger partial charge in [0.2, 0.25) is 0 Å². The predicted molar refractivity (Wildman–Crippen MR) is 76.2 cm³/mol. The molecule has 0 radical (unpaired) electrons. The van der Waals surface area contributed by atoms with Crippen LogP contribution in [0.1, 0.15) is 5.56 Å². The number of hydrogen-bond donors (Lipinski definition) is 1. The lowest BCUT2D eigenvalue weighted by atomic mass is 10.2. The van der Waals surface area contributed by atoms with Crippen molar-refractivity contribution in [3.8, 4) is 11.5 Å². The van der Waals surface area contributed by atoms with Crippen molar-refractivity contribution < 1.29 is 13.5 Å². The molecule has 19 heavy (non-hydrogen) atoms. The molecule has 100 valence electrons. The van der Waals surface area contributed by atoms with Crippen molar-refractivity contribution in [2.24, 2.45) is 5.73 Å². The normalized spacial score (nSPS) is 10.6. The Morgan fingerprint density at radius 1 is 1.11 bits per heavy atom. The zero-order valence-electron chi connectivity index (χ0n) is 9.59. The van der Waals surface area contributed by atoms with Gasteiger partial charge in [-0.25, -0.2) is 8.78 Å². The van der Waals surface area contributed by atoms with Gasteiger partial charge in [-0.05, 0) is 39.7 Å². The second kappa shape index (κ2) is 5.98. The van der Waals surface area contributed by atoms with E-state index in [-0.39, 0.29) is 22.5 Å². The number of benzene rings is 2. The Bertz CT molecular complexity index is 600. The molecule has 2 rings (SSSR count). The van der Waals surface area contributed by atoms with E-state index in [1.165, 1.54) is 18.2 Å². The van der Waals surface area contributed by atoms with Gasteiger partial charge in [0.25, 0.3) is 0 Å². The van der Waals surface area contributed by atoms with Gasteiger partial charge in [-0.15, -0.1) is 0 Å². The molecule has 2 aromatic rings. The molecule has 2 nitrogen and oxygen atoms in total. The quantitative estimate of drug-likeness (QED) is 0.818. The molecule has 0 aliphatic heterocycles. The molecule has 0 bridgehead atoms. The van der Waals surface area contributed by atoms with Gasteiger partial charge in [0.15, 0.2) is 11.6 Å². The first kappa shape index (κ1) is 14.4. The zero-order valence-corrected chi connectivity index (χ0v) is 12.8. The van der Waals surface area contributed by atoms with Crippen LogP contribution in [0.25, 0.3) is 0 Å². The third-order valence-corrected chi connectivity index (χ3v) is 3.73. The molecule has 0 unspecified atom stereocenters. The van der Waals surface area contributed by atoms with Crippen molar-refractivity contribution in [3.63, 3.8) is 0 Å². The van der Waals surface area contributed by atoms with E-state index in [4.69, 9.17) is 10.5 Å². The summed E-state index contributed by atoms with van der Waals surface area (Å²) in [4.78, 5) is 0. The minimum absolute atomic E-state index is 0.00146. The molecule has 0 fully saturated rings. The first-order chi connectivity index (χ1) is 9.01. The minimum Gasteiger partial charge on any atom is -0.454 e. The third kappa shape index (κ3) is 3.32. The molecule has 0 aliphatic rings. The number of ether oxygens (including phenoxy) is 1. The van der Waals surface area contributed by atoms with Crippen LogP contribution in [-0.2, 0) is 6.54 Å². The van der Waals surface area contributed by atoms with Crippen molar-refractivity contribution in [2.45, 2.75) is 6.54 Å². The molecule has 0 saturated heterocycles. The molecule has 6 heteroatoms. The van der Waals surface area contributed by atoms with E-state index in [0.717, 1.165) is 0 Å². The highest BCUT2D eigenvalue weighted by molar-refractivity contribution is 9.10. The van der Waals surface area contributed by atoms with E-state index in [1.807, 2.05) is 0 Å². The van der Waals surface area contributed by atoms with E-state index >= 15 is 0 Å². The molecule has 0 heterocycles. The summed E-state index contributed by atoms with van der Waals surface area (Å²) >= 11 is 6.26. The van der Waals surface area contributed by atoms with E-state index in [1.54, 1.807) is 12.1 Å². The monoisotopic (exact) mass is 391 g/mol. The molecule has 0 aromatic heterocycles.